The predicted molar refractivity (Wildman–Crippen MR) is 86.2 cm³/mol. The summed E-state index contributed by atoms with van der Waals surface area (Å²) in [6.45, 7) is 0.615. The molecule has 0 spiro atoms. The molecule has 1 aromatic rings. The predicted octanol–water partition coefficient (Wildman–Crippen LogP) is 2.04. The third kappa shape index (κ3) is 3.69. The summed E-state index contributed by atoms with van der Waals surface area (Å²) in [5, 5.41) is 14.0. The minimum Gasteiger partial charge on any atom is -0.316 e. The lowest BCUT2D eigenvalue weighted by Gasteiger charge is -2.31. The number of nitrogens with one attached hydrogen (secondary N) is 1. The minimum atomic E-state index is -3.99. The summed E-state index contributed by atoms with van der Waals surface area (Å²) < 4.78 is 26.7. The first-order valence-corrected chi connectivity index (χ1v) is 8.30. The Morgan fingerprint density at radius 1 is 1.45 bits per heavy atom. The molecule has 0 radical (unpaired) electrons. The molecule has 1 unspecified atom stereocenters. The second kappa shape index (κ2) is 7.56. The molecule has 1 aromatic carbocycles. The Bertz CT molecular complexity index is 654. The Kier molecular flexibility index (Phi) is 6.57. The highest BCUT2D eigenvalue weighted by molar-refractivity contribution is 7.89. The lowest BCUT2D eigenvalue weighted by atomic mass is 10.1. The van der Waals surface area contributed by atoms with Crippen LogP contribution in [0.1, 0.15) is 12.8 Å². The summed E-state index contributed by atoms with van der Waals surface area (Å²) >= 11 is 5.92. The molecule has 1 atom stereocenters. The van der Waals surface area contributed by atoms with Crippen molar-refractivity contribution in [3.63, 3.8) is 0 Å². The van der Waals surface area contributed by atoms with Gasteiger partial charge in [0.05, 0.1) is 9.95 Å². The number of hydrogen-bond acceptors (Lipinski definition) is 5. The summed E-state index contributed by atoms with van der Waals surface area (Å²) in [5.41, 5.74) is -0.492. The smallest absolute Gasteiger partial charge is 0.290 e. The fourth-order valence-electron chi connectivity index (χ4n) is 2.42. The van der Waals surface area contributed by atoms with E-state index in [2.05, 4.69) is 5.32 Å². The van der Waals surface area contributed by atoms with Crippen LogP contribution >= 0.6 is 24.0 Å². The lowest BCUT2D eigenvalue weighted by molar-refractivity contribution is -0.387. The summed E-state index contributed by atoms with van der Waals surface area (Å²) in [6.07, 6.45) is 1.57. The number of likely N-dealkylation sites (N-methyl/N-ethyl adjacent to an activating group) is 1. The second-order valence-corrected chi connectivity index (χ2v) is 7.12. The Morgan fingerprint density at radius 2 is 2.14 bits per heavy atom. The van der Waals surface area contributed by atoms with Gasteiger partial charge >= 0.3 is 0 Å². The minimum absolute atomic E-state index is 0. The molecule has 22 heavy (non-hydrogen) atoms. The van der Waals surface area contributed by atoms with Crippen molar-refractivity contribution in [1.29, 1.82) is 0 Å². The number of rotatable bonds is 4. The first-order chi connectivity index (χ1) is 9.87. The molecule has 7 nitrogen and oxygen atoms in total. The number of nitro groups is 1. The van der Waals surface area contributed by atoms with Gasteiger partial charge < -0.3 is 5.32 Å². The standard InChI is InChI=1S/C12H16ClN3O4S.ClH/c1-14-9-4-3-7-15(8-9)21(19,20)12-10(13)5-2-6-11(12)16(17)18;/h2,5-6,9,14H,3-4,7-8H2,1H3;1H. The molecular weight excluding hydrogens is 353 g/mol. The molecule has 1 N–H and O–H groups in total. The molecule has 10 heteroatoms. The van der Waals surface area contributed by atoms with E-state index < -0.39 is 25.5 Å². The molecule has 1 fully saturated rings. The van der Waals surface area contributed by atoms with Gasteiger partial charge in [0, 0.05) is 25.2 Å². The van der Waals surface area contributed by atoms with E-state index >= 15 is 0 Å². The van der Waals surface area contributed by atoms with Crippen molar-refractivity contribution in [2.75, 3.05) is 20.1 Å². The molecule has 0 aliphatic carbocycles. The van der Waals surface area contributed by atoms with Gasteiger partial charge in [0.2, 0.25) is 0 Å². The molecule has 0 aromatic heterocycles. The Morgan fingerprint density at radius 3 is 2.73 bits per heavy atom. The van der Waals surface area contributed by atoms with Crippen molar-refractivity contribution in [3.8, 4) is 0 Å². The molecule has 2 rings (SSSR count). The van der Waals surface area contributed by atoms with Crippen LogP contribution in [0.25, 0.3) is 0 Å². The number of hydrogen-bond donors (Lipinski definition) is 1. The van der Waals surface area contributed by atoms with Crippen LogP contribution in [0, 0.1) is 10.1 Å². The summed E-state index contributed by atoms with van der Waals surface area (Å²) in [4.78, 5) is 9.93. The number of sulfonamides is 1. The molecule has 1 heterocycles. The summed E-state index contributed by atoms with van der Waals surface area (Å²) in [5.74, 6) is 0. The van der Waals surface area contributed by atoms with Crippen molar-refractivity contribution >= 4 is 39.7 Å². The lowest BCUT2D eigenvalue weighted by Crippen LogP contribution is -2.47. The van der Waals surface area contributed by atoms with Gasteiger partial charge in [0.1, 0.15) is 0 Å². The van der Waals surface area contributed by atoms with E-state index in [1.807, 2.05) is 0 Å². The zero-order valence-corrected chi connectivity index (χ0v) is 14.2. The van der Waals surface area contributed by atoms with E-state index in [0.717, 1.165) is 12.5 Å². The maximum Gasteiger partial charge on any atom is 0.290 e. The van der Waals surface area contributed by atoms with Gasteiger partial charge in [-0.1, -0.05) is 17.7 Å². The Hall–Kier alpha value is -0.930. The quantitative estimate of drug-likeness (QED) is 0.647. The molecular formula is C12H17Cl2N3O4S. The Labute approximate surface area is 140 Å². The number of nitro benzene ring substituents is 1. The zero-order chi connectivity index (χ0) is 15.6. The van der Waals surface area contributed by atoms with Gasteiger partial charge in [-0.25, -0.2) is 8.42 Å². The SMILES string of the molecule is CNC1CCCN(S(=O)(=O)c2c(Cl)cccc2[N+](=O)[O-])C1.Cl. The molecule has 0 bridgehead atoms. The second-order valence-electron chi connectivity index (χ2n) is 4.84. The maximum absolute atomic E-state index is 12.7. The van der Waals surface area contributed by atoms with E-state index in [0.29, 0.717) is 13.0 Å². The zero-order valence-electron chi connectivity index (χ0n) is 11.9. The van der Waals surface area contributed by atoms with E-state index in [1.54, 1.807) is 7.05 Å². The van der Waals surface area contributed by atoms with Crippen molar-refractivity contribution in [1.82, 2.24) is 9.62 Å². The molecule has 1 saturated heterocycles. The maximum atomic E-state index is 12.7. The van der Waals surface area contributed by atoms with Crippen LogP contribution < -0.4 is 5.32 Å². The first-order valence-electron chi connectivity index (χ1n) is 6.48. The normalized spacial score (nSPS) is 19.5. The molecule has 1 aliphatic rings. The summed E-state index contributed by atoms with van der Waals surface area (Å²) in [7, 11) is -2.23. The van der Waals surface area contributed by atoms with E-state index in [9.17, 15) is 18.5 Å². The number of nitrogens with zero attached hydrogens (tertiary/aromatic N) is 2. The number of halogens is 2. The average Bonchev–Trinajstić information content (AvgIpc) is 2.46. The van der Waals surface area contributed by atoms with Gasteiger partial charge in [-0.15, -0.1) is 12.4 Å². The number of benzene rings is 1. The van der Waals surface area contributed by atoms with Gasteiger partial charge in [0.15, 0.2) is 4.90 Å². The largest absolute Gasteiger partial charge is 0.316 e. The topological polar surface area (TPSA) is 92.6 Å². The van der Waals surface area contributed by atoms with Crippen molar-refractivity contribution in [2.24, 2.45) is 0 Å². The van der Waals surface area contributed by atoms with Crippen molar-refractivity contribution in [2.45, 2.75) is 23.8 Å². The van der Waals surface area contributed by atoms with Crippen LogP contribution in [0.15, 0.2) is 23.1 Å². The van der Waals surface area contributed by atoms with E-state index in [-0.39, 0.29) is 30.0 Å². The fourth-order valence-corrected chi connectivity index (χ4v) is 4.61. The molecule has 0 saturated carbocycles. The van der Waals surface area contributed by atoms with E-state index in [1.165, 1.54) is 16.4 Å². The fraction of sp³-hybridized carbons (Fsp3) is 0.500. The third-order valence-corrected chi connectivity index (χ3v) is 5.92. The van der Waals surface area contributed by atoms with Crippen molar-refractivity contribution < 1.29 is 13.3 Å². The summed E-state index contributed by atoms with van der Waals surface area (Å²) in [6, 6.07) is 3.90. The van der Waals surface area contributed by atoms with Crippen molar-refractivity contribution in [3.05, 3.63) is 33.3 Å². The van der Waals surface area contributed by atoms with Crippen LogP contribution in [0.2, 0.25) is 5.02 Å². The van der Waals surface area contributed by atoms with Crippen LogP contribution in [-0.4, -0.2) is 43.8 Å². The molecule has 1 aliphatic heterocycles. The average molecular weight is 370 g/mol. The van der Waals surface area contributed by atoms with Crippen LogP contribution in [0.3, 0.4) is 0 Å². The third-order valence-electron chi connectivity index (χ3n) is 3.53. The van der Waals surface area contributed by atoms with Crippen LogP contribution in [0.5, 0.6) is 0 Å². The highest BCUT2D eigenvalue weighted by atomic mass is 35.5. The highest BCUT2D eigenvalue weighted by Gasteiger charge is 2.36. The monoisotopic (exact) mass is 369 g/mol. The van der Waals surface area contributed by atoms with Crippen LogP contribution in [-0.2, 0) is 10.0 Å². The first kappa shape index (κ1) is 19.1. The highest BCUT2D eigenvalue weighted by Crippen LogP contribution is 2.34. The van der Waals surface area contributed by atoms with Gasteiger partial charge in [-0.2, -0.15) is 4.31 Å². The molecule has 124 valence electrons. The number of piperidine rings is 1. The molecule has 0 amide bonds. The van der Waals surface area contributed by atoms with E-state index in [4.69, 9.17) is 11.6 Å². The Balaban J connectivity index is 0.00000242. The van der Waals surface area contributed by atoms with Crippen LogP contribution in [0.4, 0.5) is 5.69 Å². The van der Waals surface area contributed by atoms with Gasteiger partial charge in [-0.05, 0) is 26.0 Å². The van der Waals surface area contributed by atoms with Gasteiger partial charge in [0.25, 0.3) is 15.7 Å². The van der Waals surface area contributed by atoms with Gasteiger partial charge in [-0.3, -0.25) is 10.1 Å².